The highest BCUT2D eigenvalue weighted by Gasteiger charge is 2.26. The number of amides is 1. The Kier molecular flexibility index (Phi) is 5.02. The van der Waals surface area contributed by atoms with Gasteiger partial charge in [-0.15, -0.1) is 0 Å². The van der Waals surface area contributed by atoms with Crippen LogP contribution in [0.25, 0.3) is 0 Å². The highest BCUT2D eigenvalue weighted by Crippen LogP contribution is 2.19. The van der Waals surface area contributed by atoms with Crippen molar-refractivity contribution in [2.75, 3.05) is 29.9 Å². The van der Waals surface area contributed by atoms with Crippen LogP contribution in [0, 0.1) is 6.92 Å². The first-order valence-corrected chi connectivity index (χ1v) is 7.47. The van der Waals surface area contributed by atoms with E-state index in [1.54, 1.807) is 24.8 Å². The number of rotatable bonds is 5. The van der Waals surface area contributed by atoms with Gasteiger partial charge < -0.3 is 9.63 Å². The molecule has 0 aliphatic carbocycles. The fourth-order valence-electron chi connectivity index (χ4n) is 2.07. The van der Waals surface area contributed by atoms with Gasteiger partial charge in [0.1, 0.15) is 0 Å². The van der Waals surface area contributed by atoms with Crippen molar-refractivity contribution in [1.29, 1.82) is 0 Å². The fourth-order valence-corrected chi connectivity index (χ4v) is 3.20. The van der Waals surface area contributed by atoms with Crippen LogP contribution in [0.3, 0.4) is 0 Å². The minimum atomic E-state index is -0.839. The maximum absolute atomic E-state index is 11.9. The predicted molar refractivity (Wildman–Crippen MR) is 74.8 cm³/mol. The Labute approximate surface area is 120 Å². The van der Waals surface area contributed by atoms with Gasteiger partial charge in [-0.2, -0.15) is 11.8 Å². The molecule has 1 saturated heterocycles. The number of thioether (sulfide) groups is 1. The molecule has 1 unspecified atom stereocenters. The summed E-state index contributed by atoms with van der Waals surface area (Å²) in [7, 11) is 0. The normalized spacial score (nSPS) is 19.8. The molecule has 2 rings (SSSR count). The molecule has 20 heavy (non-hydrogen) atoms. The van der Waals surface area contributed by atoms with Gasteiger partial charge in [0, 0.05) is 30.2 Å². The van der Waals surface area contributed by atoms with Gasteiger partial charge in [-0.3, -0.25) is 19.8 Å². The highest BCUT2D eigenvalue weighted by molar-refractivity contribution is 7.99. The van der Waals surface area contributed by atoms with E-state index in [1.165, 1.54) is 0 Å². The van der Waals surface area contributed by atoms with Crippen molar-refractivity contribution in [3.8, 4) is 0 Å². The maximum atomic E-state index is 11.9. The standard InChI is InChI=1S/C12H17N3O4S/c1-8-4-11(19-14-8)13-10(16)6-15-2-3-20-7-9(15)5-12(17)18/h4,9H,2-3,5-7H2,1H3,(H,13,16)(H,17,18). The molecule has 2 N–H and O–H groups in total. The minimum absolute atomic E-state index is 0.0572. The van der Waals surface area contributed by atoms with Gasteiger partial charge in [0.05, 0.1) is 18.7 Å². The first kappa shape index (κ1) is 14.9. The predicted octanol–water partition coefficient (Wildman–Crippen LogP) is 0.814. The first-order valence-electron chi connectivity index (χ1n) is 6.31. The third-order valence-electron chi connectivity index (χ3n) is 3.00. The van der Waals surface area contributed by atoms with Crippen LogP contribution >= 0.6 is 11.8 Å². The van der Waals surface area contributed by atoms with Crippen molar-refractivity contribution in [3.63, 3.8) is 0 Å². The number of aliphatic carboxylic acids is 1. The Morgan fingerprint density at radius 1 is 1.65 bits per heavy atom. The largest absolute Gasteiger partial charge is 0.481 e. The molecule has 0 radical (unpaired) electrons. The van der Waals surface area contributed by atoms with Crippen molar-refractivity contribution in [2.45, 2.75) is 19.4 Å². The zero-order chi connectivity index (χ0) is 14.5. The molecule has 0 saturated carbocycles. The average Bonchev–Trinajstić information content (AvgIpc) is 2.76. The van der Waals surface area contributed by atoms with Crippen molar-refractivity contribution in [1.82, 2.24) is 10.1 Å². The molecule has 2 heterocycles. The molecule has 1 aromatic heterocycles. The van der Waals surface area contributed by atoms with Crippen LogP contribution in [0.5, 0.6) is 0 Å². The summed E-state index contributed by atoms with van der Waals surface area (Å²) in [5, 5.41) is 15.2. The molecular weight excluding hydrogens is 282 g/mol. The molecule has 0 spiro atoms. The van der Waals surface area contributed by atoms with Crippen molar-refractivity contribution >= 4 is 29.5 Å². The quantitative estimate of drug-likeness (QED) is 0.830. The summed E-state index contributed by atoms with van der Waals surface area (Å²) in [6.45, 7) is 2.65. The van der Waals surface area contributed by atoms with Crippen LogP contribution in [0.15, 0.2) is 10.6 Å². The number of aryl methyl sites for hydroxylation is 1. The van der Waals surface area contributed by atoms with E-state index in [0.29, 0.717) is 18.1 Å². The zero-order valence-corrected chi connectivity index (χ0v) is 12.0. The minimum Gasteiger partial charge on any atom is -0.481 e. The van der Waals surface area contributed by atoms with Crippen LogP contribution in [0.4, 0.5) is 5.88 Å². The lowest BCUT2D eigenvalue weighted by Gasteiger charge is -2.33. The van der Waals surface area contributed by atoms with E-state index in [9.17, 15) is 9.59 Å². The number of carbonyl (C=O) groups excluding carboxylic acids is 1. The van der Waals surface area contributed by atoms with Crippen LogP contribution in [-0.4, -0.2) is 57.7 Å². The maximum Gasteiger partial charge on any atom is 0.304 e. The Bertz CT molecular complexity index is 491. The molecule has 1 aromatic rings. The van der Waals surface area contributed by atoms with Crippen LogP contribution in [-0.2, 0) is 9.59 Å². The molecule has 7 nitrogen and oxygen atoms in total. The molecule has 1 fully saturated rings. The number of anilines is 1. The number of carbonyl (C=O) groups is 2. The first-order chi connectivity index (χ1) is 9.54. The van der Waals surface area contributed by atoms with Crippen molar-refractivity contribution < 1.29 is 19.2 Å². The summed E-state index contributed by atoms with van der Waals surface area (Å²) in [4.78, 5) is 24.7. The number of nitrogens with zero attached hydrogens (tertiary/aromatic N) is 2. The van der Waals surface area contributed by atoms with E-state index in [1.807, 2.05) is 4.90 Å². The van der Waals surface area contributed by atoms with Crippen LogP contribution in [0.2, 0.25) is 0 Å². The van der Waals surface area contributed by atoms with Gasteiger partial charge in [0.25, 0.3) is 0 Å². The lowest BCUT2D eigenvalue weighted by Crippen LogP contribution is -2.47. The second kappa shape index (κ2) is 6.76. The lowest BCUT2D eigenvalue weighted by atomic mass is 10.2. The van der Waals surface area contributed by atoms with Gasteiger partial charge in [0.15, 0.2) is 0 Å². The van der Waals surface area contributed by atoms with E-state index in [0.717, 1.165) is 11.5 Å². The molecular formula is C12H17N3O4S. The Morgan fingerprint density at radius 2 is 2.45 bits per heavy atom. The zero-order valence-electron chi connectivity index (χ0n) is 11.2. The van der Waals surface area contributed by atoms with E-state index in [-0.39, 0.29) is 24.9 Å². The van der Waals surface area contributed by atoms with Gasteiger partial charge >= 0.3 is 5.97 Å². The number of hydrogen-bond donors (Lipinski definition) is 2. The van der Waals surface area contributed by atoms with Crippen molar-refractivity contribution in [2.24, 2.45) is 0 Å². The Morgan fingerprint density at radius 3 is 3.10 bits per heavy atom. The molecule has 8 heteroatoms. The number of carboxylic acids is 1. The fraction of sp³-hybridized carbons (Fsp3) is 0.583. The number of aromatic nitrogens is 1. The summed E-state index contributed by atoms with van der Waals surface area (Å²) in [6, 6.07) is 1.53. The topological polar surface area (TPSA) is 95.7 Å². The van der Waals surface area contributed by atoms with Gasteiger partial charge in [-0.25, -0.2) is 0 Å². The molecule has 1 atom stereocenters. The summed E-state index contributed by atoms with van der Waals surface area (Å²) < 4.78 is 4.92. The third-order valence-corrected chi connectivity index (χ3v) is 4.09. The summed E-state index contributed by atoms with van der Waals surface area (Å²) in [5.41, 5.74) is 0.693. The average molecular weight is 299 g/mol. The van der Waals surface area contributed by atoms with Gasteiger partial charge in [-0.05, 0) is 6.92 Å². The highest BCUT2D eigenvalue weighted by atomic mass is 32.2. The smallest absolute Gasteiger partial charge is 0.304 e. The lowest BCUT2D eigenvalue weighted by molar-refractivity contribution is -0.138. The van der Waals surface area contributed by atoms with Crippen LogP contribution in [0.1, 0.15) is 12.1 Å². The molecule has 1 amide bonds. The third kappa shape index (κ3) is 4.24. The molecule has 0 aromatic carbocycles. The second-order valence-corrected chi connectivity index (χ2v) is 5.83. The van der Waals surface area contributed by atoms with E-state index >= 15 is 0 Å². The summed E-state index contributed by atoms with van der Waals surface area (Å²) in [6.07, 6.45) is 0.0572. The van der Waals surface area contributed by atoms with E-state index < -0.39 is 5.97 Å². The molecule has 110 valence electrons. The number of carboxylic acid groups (broad SMARTS) is 1. The molecule has 1 aliphatic rings. The van der Waals surface area contributed by atoms with Crippen molar-refractivity contribution in [3.05, 3.63) is 11.8 Å². The summed E-state index contributed by atoms with van der Waals surface area (Å²) in [5.74, 6) is 0.900. The number of nitrogens with one attached hydrogen (secondary N) is 1. The SMILES string of the molecule is Cc1cc(NC(=O)CN2CCSCC2CC(=O)O)on1. The molecule has 0 bridgehead atoms. The van der Waals surface area contributed by atoms with Crippen LogP contribution < -0.4 is 5.32 Å². The molecule has 1 aliphatic heterocycles. The van der Waals surface area contributed by atoms with E-state index in [2.05, 4.69) is 10.5 Å². The van der Waals surface area contributed by atoms with Gasteiger partial charge in [0.2, 0.25) is 11.8 Å². The Balaban J connectivity index is 1.89. The van der Waals surface area contributed by atoms with Gasteiger partial charge in [-0.1, -0.05) is 5.16 Å². The second-order valence-electron chi connectivity index (χ2n) is 4.68. The van der Waals surface area contributed by atoms with E-state index in [4.69, 9.17) is 9.63 Å². The summed E-state index contributed by atoms with van der Waals surface area (Å²) >= 11 is 1.72. The monoisotopic (exact) mass is 299 g/mol. The Hall–Kier alpha value is -1.54. The number of hydrogen-bond acceptors (Lipinski definition) is 6.